The monoisotopic (exact) mass is 322 g/mol. The zero-order valence-corrected chi connectivity index (χ0v) is 13.3. The van der Waals surface area contributed by atoms with Gasteiger partial charge >= 0.3 is 0 Å². The molecule has 0 aromatic carbocycles. The maximum atomic E-state index is 13.8. The molecular weight excluding hydrogens is 303 g/mol. The van der Waals surface area contributed by atoms with Crippen molar-refractivity contribution in [2.24, 2.45) is 0 Å². The second kappa shape index (κ2) is 7.06. The molecule has 3 heterocycles. The van der Waals surface area contributed by atoms with E-state index in [1.165, 1.54) is 11.5 Å². The van der Waals surface area contributed by atoms with Gasteiger partial charge in [-0.25, -0.2) is 19.3 Å². The fourth-order valence-electron chi connectivity index (χ4n) is 2.60. The first-order chi connectivity index (χ1) is 10.7. The Morgan fingerprint density at radius 2 is 2.18 bits per heavy atom. The Morgan fingerprint density at radius 3 is 2.91 bits per heavy atom. The van der Waals surface area contributed by atoms with Crippen LogP contribution in [0.15, 0.2) is 18.5 Å². The second-order valence-corrected chi connectivity index (χ2v) is 6.08. The molecule has 1 saturated heterocycles. The third-order valence-corrected chi connectivity index (χ3v) is 4.42. The van der Waals surface area contributed by atoms with Gasteiger partial charge < -0.3 is 5.32 Å². The topological polar surface area (TPSA) is 66.8 Å². The SMILES string of the molecule is CCc1nsc(NC[C@@H]2C[C@H](F)CN2Cc2ncccn2)n1. The smallest absolute Gasteiger partial charge is 0.202 e. The summed E-state index contributed by atoms with van der Waals surface area (Å²) < 4.78 is 18.0. The fourth-order valence-corrected chi connectivity index (χ4v) is 3.25. The highest BCUT2D eigenvalue weighted by Crippen LogP contribution is 2.23. The molecule has 6 nitrogen and oxygen atoms in total. The number of hydrogen-bond acceptors (Lipinski definition) is 7. The van der Waals surface area contributed by atoms with Crippen LogP contribution in [-0.4, -0.2) is 49.5 Å². The van der Waals surface area contributed by atoms with Crippen LogP contribution >= 0.6 is 11.5 Å². The number of alkyl halides is 1. The molecule has 1 aliphatic heterocycles. The Morgan fingerprint density at radius 1 is 1.36 bits per heavy atom. The minimum Gasteiger partial charge on any atom is -0.359 e. The number of anilines is 1. The molecule has 0 saturated carbocycles. The van der Waals surface area contributed by atoms with Gasteiger partial charge in [-0.3, -0.25) is 4.90 Å². The molecule has 2 aromatic rings. The van der Waals surface area contributed by atoms with E-state index in [1.807, 2.05) is 6.92 Å². The number of rotatable bonds is 6. The van der Waals surface area contributed by atoms with Crippen LogP contribution in [0, 0.1) is 0 Å². The lowest BCUT2D eigenvalue weighted by molar-refractivity contribution is 0.236. The fraction of sp³-hybridized carbons (Fsp3) is 0.571. The van der Waals surface area contributed by atoms with E-state index in [0.717, 1.165) is 23.2 Å². The minimum atomic E-state index is -0.795. The Balaban J connectivity index is 1.58. The van der Waals surface area contributed by atoms with Crippen molar-refractivity contribution >= 4 is 16.7 Å². The molecule has 0 radical (unpaired) electrons. The van der Waals surface area contributed by atoms with Gasteiger partial charge in [0, 0.05) is 49.5 Å². The van der Waals surface area contributed by atoms with Crippen LogP contribution in [0.5, 0.6) is 0 Å². The molecule has 0 spiro atoms. The summed E-state index contributed by atoms with van der Waals surface area (Å²) in [6, 6.07) is 1.90. The average Bonchev–Trinajstić information content (AvgIpc) is 3.12. The van der Waals surface area contributed by atoms with Crippen LogP contribution in [0.25, 0.3) is 0 Å². The highest BCUT2D eigenvalue weighted by molar-refractivity contribution is 7.09. The number of likely N-dealkylation sites (tertiary alicyclic amines) is 1. The number of nitrogens with zero attached hydrogens (tertiary/aromatic N) is 5. The molecule has 0 amide bonds. The van der Waals surface area contributed by atoms with Crippen molar-refractivity contribution in [3.8, 4) is 0 Å². The summed E-state index contributed by atoms with van der Waals surface area (Å²) >= 11 is 1.35. The minimum absolute atomic E-state index is 0.118. The van der Waals surface area contributed by atoms with E-state index in [9.17, 15) is 4.39 Å². The normalized spacial score (nSPS) is 22.1. The van der Waals surface area contributed by atoms with E-state index in [0.29, 0.717) is 26.1 Å². The predicted molar refractivity (Wildman–Crippen MR) is 83.5 cm³/mol. The zero-order chi connectivity index (χ0) is 15.4. The quantitative estimate of drug-likeness (QED) is 0.876. The summed E-state index contributed by atoms with van der Waals surface area (Å²) in [7, 11) is 0. The highest BCUT2D eigenvalue weighted by atomic mass is 32.1. The molecule has 2 atom stereocenters. The van der Waals surface area contributed by atoms with E-state index < -0.39 is 6.17 Å². The van der Waals surface area contributed by atoms with Crippen molar-refractivity contribution in [3.63, 3.8) is 0 Å². The molecule has 1 N–H and O–H groups in total. The van der Waals surface area contributed by atoms with Gasteiger partial charge in [-0.15, -0.1) is 0 Å². The molecule has 0 aliphatic carbocycles. The highest BCUT2D eigenvalue weighted by Gasteiger charge is 2.32. The Labute approximate surface area is 133 Å². The third-order valence-electron chi connectivity index (χ3n) is 3.71. The van der Waals surface area contributed by atoms with Gasteiger partial charge in [-0.1, -0.05) is 6.92 Å². The lowest BCUT2D eigenvalue weighted by Gasteiger charge is -2.23. The Hall–Kier alpha value is -1.67. The number of nitrogens with one attached hydrogen (secondary N) is 1. The predicted octanol–water partition coefficient (Wildman–Crippen LogP) is 1.91. The number of hydrogen-bond donors (Lipinski definition) is 1. The summed E-state index contributed by atoms with van der Waals surface area (Å²) in [6.45, 7) is 3.69. The lowest BCUT2D eigenvalue weighted by Crippen LogP contribution is -2.35. The maximum absolute atomic E-state index is 13.8. The number of aryl methyl sites for hydroxylation is 1. The molecule has 8 heteroatoms. The first kappa shape index (κ1) is 15.2. The summed E-state index contributed by atoms with van der Waals surface area (Å²) in [5.41, 5.74) is 0. The number of halogens is 1. The second-order valence-electron chi connectivity index (χ2n) is 5.33. The number of aromatic nitrogens is 4. The van der Waals surface area contributed by atoms with Gasteiger partial charge in [-0.2, -0.15) is 4.37 Å². The van der Waals surface area contributed by atoms with Gasteiger partial charge in [-0.05, 0) is 12.5 Å². The van der Waals surface area contributed by atoms with Gasteiger partial charge in [0.2, 0.25) is 5.13 Å². The van der Waals surface area contributed by atoms with E-state index in [-0.39, 0.29) is 6.04 Å². The largest absolute Gasteiger partial charge is 0.359 e. The summed E-state index contributed by atoms with van der Waals surface area (Å²) in [4.78, 5) is 14.9. The maximum Gasteiger partial charge on any atom is 0.202 e. The van der Waals surface area contributed by atoms with Crippen LogP contribution in [0.2, 0.25) is 0 Å². The molecule has 22 heavy (non-hydrogen) atoms. The van der Waals surface area contributed by atoms with Gasteiger partial charge in [0.15, 0.2) is 0 Å². The molecule has 1 aliphatic rings. The first-order valence-corrected chi connectivity index (χ1v) is 8.22. The van der Waals surface area contributed by atoms with Gasteiger partial charge in [0.05, 0.1) is 6.54 Å². The Kier molecular flexibility index (Phi) is 4.89. The zero-order valence-electron chi connectivity index (χ0n) is 12.4. The molecule has 118 valence electrons. The summed E-state index contributed by atoms with van der Waals surface area (Å²) in [6.07, 6.45) is 3.99. The molecule has 1 fully saturated rings. The van der Waals surface area contributed by atoms with Crippen LogP contribution < -0.4 is 5.32 Å². The van der Waals surface area contributed by atoms with Crippen molar-refractivity contribution in [1.82, 2.24) is 24.2 Å². The first-order valence-electron chi connectivity index (χ1n) is 7.45. The van der Waals surface area contributed by atoms with E-state index >= 15 is 0 Å². The van der Waals surface area contributed by atoms with Crippen molar-refractivity contribution in [2.75, 3.05) is 18.4 Å². The Bertz CT molecular complexity index is 592. The van der Waals surface area contributed by atoms with Crippen molar-refractivity contribution < 1.29 is 4.39 Å². The third kappa shape index (κ3) is 3.75. The summed E-state index contributed by atoms with van der Waals surface area (Å²) in [5.74, 6) is 1.57. The average molecular weight is 322 g/mol. The molecule has 2 aromatic heterocycles. The summed E-state index contributed by atoms with van der Waals surface area (Å²) in [5, 5.41) is 4.07. The van der Waals surface area contributed by atoms with Crippen molar-refractivity contribution in [1.29, 1.82) is 0 Å². The standard InChI is InChI=1S/C14H19FN6S/c1-2-12-19-14(22-20-12)18-7-11-6-10(15)8-21(11)9-13-16-4-3-5-17-13/h3-5,10-11H,2,6-9H2,1H3,(H,18,19,20)/t10-,11-/m0/s1. The van der Waals surface area contributed by atoms with Gasteiger partial charge in [0.1, 0.15) is 17.8 Å². The molecule has 0 bridgehead atoms. The van der Waals surface area contributed by atoms with E-state index in [2.05, 4.69) is 29.5 Å². The van der Waals surface area contributed by atoms with Crippen LogP contribution in [0.3, 0.4) is 0 Å². The van der Waals surface area contributed by atoms with Crippen molar-refractivity contribution in [2.45, 2.75) is 38.5 Å². The molecule has 0 unspecified atom stereocenters. The van der Waals surface area contributed by atoms with Crippen LogP contribution in [-0.2, 0) is 13.0 Å². The molecule has 3 rings (SSSR count). The lowest BCUT2D eigenvalue weighted by atomic mass is 10.2. The van der Waals surface area contributed by atoms with E-state index in [4.69, 9.17) is 0 Å². The van der Waals surface area contributed by atoms with E-state index in [1.54, 1.807) is 18.5 Å². The van der Waals surface area contributed by atoms with Crippen LogP contribution in [0.1, 0.15) is 25.0 Å². The van der Waals surface area contributed by atoms with Crippen molar-refractivity contribution in [3.05, 3.63) is 30.1 Å². The van der Waals surface area contributed by atoms with Gasteiger partial charge in [0.25, 0.3) is 0 Å². The molecular formula is C14H19FN6S. The van der Waals surface area contributed by atoms with Crippen LogP contribution in [0.4, 0.5) is 9.52 Å².